The minimum atomic E-state index is -1.03. The first-order valence-electron chi connectivity index (χ1n) is 4.89. The number of aliphatic hydroxyl groups is 1. The van der Waals surface area contributed by atoms with Crippen LogP contribution in [0.1, 0.15) is 16.8 Å². The summed E-state index contributed by atoms with van der Waals surface area (Å²) in [6.45, 7) is 0.224. The fourth-order valence-electron chi connectivity index (χ4n) is 1.75. The van der Waals surface area contributed by atoms with E-state index in [4.69, 9.17) is 5.11 Å². The highest BCUT2D eigenvalue weighted by molar-refractivity contribution is 5.97. The zero-order valence-electron chi connectivity index (χ0n) is 8.46. The Kier molecular flexibility index (Phi) is 2.62. The molecule has 0 radical (unpaired) electrons. The molecule has 0 saturated carbocycles. The van der Waals surface area contributed by atoms with Crippen LogP contribution in [-0.4, -0.2) is 34.7 Å². The maximum Gasteiger partial charge on any atom is 0.335 e. The van der Waals surface area contributed by atoms with Crippen LogP contribution in [0.5, 0.6) is 0 Å². The molecule has 16 heavy (non-hydrogen) atoms. The second kappa shape index (κ2) is 3.94. The van der Waals surface area contributed by atoms with Crippen LogP contribution in [0.3, 0.4) is 0 Å². The van der Waals surface area contributed by atoms with Crippen molar-refractivity contribution >= 4 is 17.6 Å². The van der Waals surface area contributed by atoms with Crippen molar-refractivity contribution in [3.8, 4) is 0 Å². The van der Waals surface area contributed by atoms with Gasteiger partial charge in [0.25, 0.3) is 0 Å². The molecule has 1 heterocycles. The number of nitrogens with zero attached hydrogens (tertiary/aromatic N) is 1. The van der Waals surface area contributed by atoms with Gasteiger partial charge in [-0.05, 0) is 18.2 Å². The Balaban J connectivity index is 2.30. The molecule has 5 heteroatoms. The average molecular weight is 221 g/mol. The summed E-state index contributed by atoms with van der Waals surface area (Å²) in [5.41, 5.74) is 0.646. The fourth-order valence-corrected chi connectivity index (χ4v) is 1.75. The highest BCUT2D eigenvalue weighted by atomic mass is 16.4. The second-order valence-electron chi connectivity index (χ2n) is 3.72. The molecule has 1 aliphatic rings. The number of β-amino-alcohol motifs (C(OH)–C–C–N with tert-alkyl or cyclic N) is 1. The van der Waals surface area contributed by atoms with Crippen LogP contribution in [-0.2, 0) is 4.79 Å². The van der Waals surface area contributed by atoms with Crippen molar-refractivity contribution in [2.45, 2.75) is 12.5 Å². The Bertz CT molecular complexity index is 443. The number of carbonyl (C=O) groups is 2. The number of rotatable bonds is 2. The lowest BCUT2D eigenvalue weighted by molar-refractivity contribution is -0.117. The number of benzene rings is 1. The second-order valence-corrected chi connectivity index (χ2v) is 3.72. The number of amides is 1. The number of carboxylic acids is 1. The Morgan fingerprint density at radius 2 is 2.19 bits per heavy atom. The lowest BCUT2D eigenvalue weighted by Gasteiger charge is -2.15. The van der Waals surface area contributed by atoms with Gasteiger partial charge >= 0.3 is 5.97 Å². The van der Waals surface area contributed by atoms with Gasteiger partial charge in [-0.15, -0.1) is 0 Å². The van der Waals surface area contributed by atoms with Crippen molar-refractivity contribution in [3.63, 3.8) is 0 Å². The standard InChI is InChI=1S/C11H11NO4/c13-9-5-10(14)12(6-9)8-3-1-2-7(4-8)11(15)16/h1-4,9,13H,5-6H2,(H,15,16). The molecule has 1 fully saturated rings. The molecule has 1 atom stereocenters. The number of anilines is 1. The lowest BCUT2D eigenvalue weighted by Crippen LogP contribution is -2.25. The van der Waals surface area contributed by atoms with Crippen LogP contribution in [0.25, 0.3) is 0 Å². The maximum atomic E-state index is 11.5. The third kappa shape index (κ3) is 1.90. The van der Waals surface area contributed by atoms with Gasteiger partial charge in [-0.1, -0.05) is 6.07 Å². The van der Waals surface area contributed by atoms with Crippen molar-refractivity contribution < 1.29 is 19.8 Å². The summed E-state index contributed by atoms with van der Waals surface area (Å²) >= 11 is 0. The molecule has 1 amide bonds. The topological polar surface area (TPSA) is 77.8 Å². The molecule has 84 valence electrons. The van der Waals surface area contributed by atoms with Crippen LogP contribution in [0, 0.1) is 0 Å². The van der Waals surface area contributed by atoms with Gasteiger partial charge in [0.15, 0.2) is 0 Å². The van der Waals surface area contributed by atoms with E-state index in [9.17, 15) is 14.7 Å². The predicted molar refractivity (Wildman–Crippen MR) is 56.4 cm³/mol. The predicted octanol–water partition coefficient (Wildman–Crippen LogP) is 0.482. The van der Waals surface area contributed by atoms with Crippen molar-refractivity contribution in [1.29, 1.82) is 0 Å². The molecule has 1 aromatic rings. The van der Waals surface area contributed by atoms with Gasteiger partial charge in [0, 0.05) is 5.69 Å². The SMILES string of the molecule is O=C(O)c1cccc(N2CC(O)CC2=O)c1. The van der Waals surface area contributed by atoms with E-state index in [1.807, 2.05) is 0 Å². The smallest absolute Gasteiger partial charge is 0.335 e. The minimum Gasteiger partial charge on any atom is -0.478 e. The lowest BCUT2D eigenvalue weighted by atomic mass is 10.2. The van der Waals surface area contributed by atoms with Gasteiger partial charge in [-0.2, -0.15) is 0 Å². The number of hydrogen-bond donors (Lipinski definition) is 2. The number of aromatic carboxylic acids is 1. The van der Waals surface area contributed by atoms with Crippen molar-refractivity contribution in [2.24, 2.45) is 0 Å². The normalized spacial score (nSPS) is 20.2. The Hall–Kier alpha value is -1.88. The quantitative estimate of drug-likeness (QED) is 0.761. The Morgan fingerprint density at radius 3 is 2.75 bits per heavy atom. The zero-order chi connectivity index (χ0) is 11.7. The van der Waals surface area contributed by atoms with Crippen molar-refractivity contribution in [3.05, 3.63) is 29.8 Å². The molecule has 1 unspecified atom stereocenters. The summed E-state index contributed by atoms with van der Waals surface area (Å²) in [5.74, 6) is -1.22. The van der Waals surface area contributed by atoms with Gasteiger partial charge in [0.05, 0.1) is 24.6 Å². The maximum absolute atomic E-state index is 11.5. The van der Waals surface area contributed by atoms with Gasteiger partial charge in [-0.3, -0.25) is 4.79 Å². The summed E-state index contributed by atoms with van der Waals surface area (Å²) in [6, 6.07) is 6.13. The van der Waals surface area contributed by atoms with Crippen LogP contribution in [0.15, 0.2) is 24.3 Å². The summed E-state index contributed by atoms with van der Waals surface area (Å²) in [4.78, 5) is 23.6. The molecule has 0 spiro atoms. The number of aliphatic hydroxyl groups excluding tert-OH is 1. The van der Waals surface area contributed by atoms with E-state index >= 15 is 0 Å². The molecule has 1 aromatic carbocycles. The molecular formula is C11H11NO4. The third-order valence-corrected chi connectivity index (χ3v) is 2.51. The monoisotopic (exact) mass is 221 g/mol. The summed E-state index contributed by atoms with van der Waals surface area (Å²) < 4.78 is 0. The van der Waals surface area contributed by atoms with E-state index in [0.717, 1.165) is 0 Å². The van der Waals surface area contributed by atoms with Crippen molar-refractivity contribution in [1.82, 2.24) is 0 Å². The Morgan fingerprint density at radius 1 is 1.44 bits per heavy atom. The molecular weight excluding hydrogens is 210 g/mol. The van der Waals surface area contributed by atoms with E-state index in [1.165, 1.54) is 17.0 Å². The first-order chi connectivity index (χ1) is 7.58. The van der Waals surface area contributed by atoms with Gasteiger partial charge in [-0.25, -0.2) is 4.79 Å². The van der Waals surface area contributed by atoms with Gasteiger partial charge in [0.1, 0.15) is 0 Å². The molecule has 2 N–H and O–H groups in total. The van der Waals surface area contributed by atoms with Crippen molar-refractivity contribution in [2.75, 3.05) is 11.4 Å². The van der Waals surface area contributed by atoms with Crippen LogP contribution in [0.2, 0.25) is 0 Å². The summed E-state index contributed by atoms with van der Waals surface area (Å²) in [5, 5.41) is 18.1. The Labute approximate surface area is 91.9 Å². The largest absolute Gasteiger partial charge is 0.478 e. The highest BCUT2D eigenvalue weighted by Gasteiger charge is 2.29. The minimum absolute atomic E-state index is 0.0945. The molecule has 5 nitrogen and oxygen atoms in total. The highest BCUT2D eigenvalue weighted by Crippen LogP contribution is 2.22. The van der Waals surface area contributed by atoms with E-state index in [0.29, 0.717) is 5.69 Å². The van der Waals surface area contributed by atoms with E-state index in [1.54, 1.807) is 12.1 Å². The van der Waals surface area contributed by atoms with E-state index in [2.05, 4.69) is 0 Å². The first kappa shape index (κ1) is 10.6. The molecule has 0 aromatic heterocycles. The average Bonchev–Trinajstić information content (AvgIpc) is 2.58. The van der Waals surface area contributed by atoms with Crippen LogP contribution >= 0.6 is 0 Å². The third-order valence-electron chi connectivity index (χ3n) is 2.51. The molecule has 1 aliphatic heterocycles. The fraction of sp³-hybridized carbons (Fsp3) is 0.273. The number of carbonyl (C=O) groups excluding carboxylic acids is 1. The zero-order valence-corrected chi connectivity index (χ0v) is 8.46. The summed E-state index contributed by atoms with van der Waals surface area (Å²) in [7, 11) is 0. The number of hydrogen-bond acceptors (Lipinski definition) is 3. The van der Waals surface area contributed by atoms with E-state index in [-0.39, 0.29) is 24.4 Å². The van der Waals surface area contributed by atoms with E-state index < -0.39 is 12.1 Å². The van der Waals surface area contributed by atoms with Crippen LogP contribution in [0.4, 0.5) is 5.69 Å². The number of carboxylic acid groups (broad SMARTS) is 1. The van der Waals surface area contributed by atoms with Gasteiger partial charge < -0.3 is 15.1 Å². The summed E-state index contributed by atoms with van der Waals surface area (Å²) in [6.07, 6.45) is -0.571. The molecule has 2 rings (SSSR count). The molecule has 0 aliphatic carbocycles. The molecule has 1 saturated heterocycles. The van der Waals surface area contributed by atoms with Gasteiger partial charge in [0.2, 0.25) is 5.91 Å². The first-order valence-corrected chi connectivity index (χ1v) is 4.89. The van der Waals surface area contributed by atoms with Crippen LogP contribution < -0.4 is 4.90 Å². The molecule has 0 bridgehead atoms.